The van der Waals surface area contributed by atoms with Gasteiger partial charge in [0.2, 0.25) is 5.09 Å². The summed E-state index contributed by atoms with van der Waals surface area (Å²) in [7, 11) is -1.96. The van der Waals surface area contributed by atoms with Gasteiger partial charge in [-0.05, 0) is 53.7 Å². The molecule has 1 aromatic carbocycles. The third kappa shape index (κ3) is 3.23. The van der Waals surface area contributed by atoms with E-state index >= 15 is 0 Å². The van der Waals surface area contributed by atoms with Crippen molar-refractivity contribution in [1.82, 2.24) is 5.32 Å². The van der Waals surface area contributed by atoms with Crippen LogP contribution in [0.5, 0.6) is 0 Å². The highest BCUT2D eigenvalue weighted by Crippen LogP contribution is 2.28. The molecule has 0 saturated carbocycles. The second-order valence-electron chi connectivity index (χ2n) is 4.29. The van der Waals surface area contributed by atoms with E-state index in [-0.39, 0.29) is 5.09 Å². The molecule has 2 rings (SSSR count). The second-order valence-corrected chi connectivity index (χ2v) is 6.70. The molecule has 20 heavy (non-hydrogen) atoms. The Morgan fingerprint density at radius 3 is 2.70 bits per heavy atom. The molecule has 0 amide bonds. The number of halogens is 1. The molecule has 0 aliphatic rings. The van der Waals surface area contributed by atoms with Gasteiger partial charge in [-0.3, -0.25) is 4.72 Å². The van der Waals surface area contributed by atoms with Crippen LogP contribution in [0.4, 0.5) is 5.69 Å². The van der Waals surface area contributed by atoms with Gasteiger partial charge in [-0.15, -0.1) is 0 Å². The Balaban J connectivity index is 2.28. The van der Waals surface area contributed by atoms with Crippen LogP contribution in [0, 0.1) is 6.92 Å². The number of hydrogen-bond acceptors (Lipinski definition) is 4. The number of rotatable bonds is 5. The Labute approximate surface area is 126 Å². The first-order valence-corrected chi connectivity index (χ1v) is 8.23. The fraction of sp³-hybridized carbons (Fsp3) is 0.231. The Hall–Kier alpha value is -1.31. The quantitative estimate of drug-likeness (QED) is 0.861. The third-order valence-corrected chi connectivity index (χ3v) is 4.98. The van der Waals surface area contributed by atoms with Crippen molar-refractivity contribution in [3.8, 4) is 0 Å². The van der Waals surface area contributed by atoms with Gasteiger partial charge in [0.25, 0.3) is 10.0 Å². The van der Waals surface area contributed by atoms with Gasteiger partial charge >= 0.3 is 0 Å². The topological polar surface area (TPSA) is 71.3 Å². The summed E-state index contributed by atoms with van der Waals surface area (Å²) in [5, 5.41) is 2.80. The molecule has 0 radical (unpaired) electrons. The van der Waals surface area contributed by atoms with E-state index in [1.807, 2.05) is 13.0 Å². The average Bonchev–Trinajstić information content (AvgIpc) is 2.85. The minimum Gasteiger partial charge on any atom is -0.446 e. The van der Waals surface area contributed by atoms with Gasteiger partial charge in [0.1, 0.15) is 5.76 Å². The van der Waals surface area contributed by atoms with Crippen LogP contribution < -0.4 is 10.0 Å². The molecular formula is C13H15BrN2O3S. The summed E-state index contributed by atoms with van der Waals surface area (Å²) in [6.07, 6.45) is 0. The van der Waals surface area contributed by atoms with Crippen LogP contribution in [0.3, 0.4) is 0 Å². The number of hydrogen-bond donors (Lipinski definition) is 2. The summed E-state index contributed by atoms with van der Waals surface area (Å²) in [5.41, 5.74) is 1.43. The zero-order valence-corrected chi connectivity index (χ0v) is 13.5. The van der Waals surface area contributed by atoms with Crippen molar-refractivity contribution in [2.24, 2.45) is 0 Å². The van der Waals surface area contributed by atoms with Crippen LogP contribution in [0.15, 0.2) is 44.3 Å². The number of anilines is 1. The third-order valence-electron chi connectivity index (χ3n) is 2.69. The molecule has 1 heterocycles. The Bertz CT molecular complexity index is 710. The van der Waals surface area contributed by atoms with Crippen molar-refractivity contribution in [3.05, 3.63) is 46.1 Å². The lowest BCUT2D eigenvalue weighted by Crippen LogP contribution is -2.13. The van der Waals surface area contributed by atoms with Crippen LogP contribution in [-0.2, 0) is 16.6 Å². The molecular weight excluding hydrogens is 344 g/mol. The van der Waals surface area contributed by atoms with E-state index in [1.54, 1.807) is 25.2 Å². The monoisotopic (exact) mass is 358 g/mol. The smallest absolute Gasteiger partial charge is 0.295 e. The molecule has 2 N–H and O–H groups in total. The highest BCUT2D eigenvalue weighted by Gasteiger charge is 2.20. The lowest BCUT2D eigenvalue weighted by Gasteiger charge is -2.09. The molecule has 0 saturated heterocycles. The molecule has 0 unspecified atom stereocenters. The van der Waals surface area contributed by atoms with Gasteiger partial charge in [-0.25, -0.2) is 0 Å². The van der Waals surface area contributed by atoms with Gasteiger partial charge in [0, 0.05) is 4.47 Å². The average molecular weight is 359 g/mol. The molecule has 108 valence electrons. The zero-order valence-electron chi connectivity index (χ0n) is 11.1. The largest absolute Gasteiger partial charge is 0.446 e. The Morgan fingerprint density at radius 1 is 1.25 bits per heavy atom. The van der Waals surface area contributed by atoms with Crippen molar-refractivity contribution in [1.29, 1.82) is 0 Å². The first-order chi connectivity index (χ1) is 9.44. The van der Waals surface area contributed by atoms with Crippen molar-refractivity contribution in [2.45, 2.75) is 18.6 Å². The van der Waals surface area contributed by atoms with E-state index < -0.39 is 10.0 Å². The van der Waals surface area contributed by atoms with Crippen molar-refractivity contribution < 1.29 is 12.8 Å². The maximum Gasteiger partial charge on any atom is 0.295 e. The van der Waals surface area contributed by atoms with E-state index in [0.29, 0.717) is 22.5 Å². The van der Waals surface area contributed by atoms with E-state index in [1.165, 1.54) is 6.07 Å². The molecule has 0 spiro atoms. The summed E-state index contributed by atoms with van der Waals surface area (Å²) in [4.78, 5) is 0. The summed E-state index contributed by atoms with van der Waals surface area (Å²) >= 11 is 3.37. The van der Waals surface area contributed by atoms with Crippen LogP contribution in [-0.4, -0.2) is 15.5 Å². The summed E-state index contributed by atoms with van der Waals surface area (Å²) in [5.74, 6) is 0.566. The van der Waals surface area contributed by atoms with E-state index in [9.17, 15) is 8.42 Å². The standard InChI is InChI=1S/C13H15BrN2O3S/c1-9-4-3-5-11(13(9)14)16-20(17,18)12-7-6-10(19-12)8-15-2/h3-7,15-16H,8H2,1-2H3. The molecule has 5 nitrogen and oxygen atoms in total. The predicted octanol–water partition coefficient (Wildman–Crippen LogP) is 2.87. The molecule has 0 atom stereocenters. The maximum absolute atomic E-state index is 12.2. The van der Waals surface area contributed by atoms with Crippen molar-refractivity contribution in [3.63, 3.8) is 0 Å². The minimum atomic E-state index is -3.72. The van der Waals surface area contributed by atoms with Gasteiger partial charge < -0.3 is 9.73 Å². The van der Waals surface area contributed by atoms with Crippen LogP contribution >= 0.6 is 15.9 Å². The number of furan rings is 1. The highest BCUT2D eigenvalue weighted by atomic mass is 79.9. The van der Waals surface area contributed by atoms with Crippen LogP contribution in [0.2, 0.25) is 0 Å². The number of sulfonamides is 1. The first-order valence-electron chi connectivity index (χ1n) is 5.95. The Kier molecular flexibility index (Phi) is 4.52. The normalized spacial score (nSPS) is 11.6. The minimum absolute atomic E-state index is 0.101. The molecule has 7 heteroatoms. The molecule has 0 fully saturated rings. The van der Waals surface area contributed by atoms with Crippen molar-refractivity contribution >= 4 is 31.6 Å². The van der Waals surface area contributed by atoms with Gasteiger partial charge in [-0.2, -0.15) is 8.42 Å². The molecule has 1 aromatic heterocycles. The molecule has 0 bridgehead atoms. The Morgan fingerprint density at radius 2 is 2.00 bits per heavy atom. The van der Waals surface area contributed by atoms with Crippen LogP contribution in [0.25, 0.3) is 0 Å². The predicted molar refractivity (Wildman–Crippen MR) is 81.2 cm³/mol. The van der Waals surface area contributed by atoms with Gasteiger partial charge in [0.15, 0.2) is 0 Å². The fourth-order valence-corrected chi connectivity index (χ4v) is 3.21. The molecule has 2 aromatic rings. The zero-order chi connectivity index (χ0) is 14.8. The number of benzene rings is 1. The van der Waals surface area contributed by atoms with Gasteiger partial charge in [0.05, 0.1) is 12.2 Å². The van der Waals surface area contributed by atoms with Crippen molar-refractivity contribution in [2.75, 3.05) is 11.8 Å². The van der Waals surface area contributed by atoms with Gasteiger partial charge in [-0.1, -0.05) is 12.1 Å². The summed E-state index contributed by atoms with van der Waals surface area (Å²) in [6.45, 7) is 2.36. The maximum atomic E-state index is 12.2. The molecule has 0 aliphatic carbocycles. The lowest BCUT2D eigenvalue weighted by atomic mass is 10.2. The number of aryl methyl sites for hydroxylation is 1. The van der Waals surface area contributed by atoms with E-state index in [4.69, 9.17) is 4.42 Å². The molecule has 0 aliphatic heterocycles. The SMILES string of the molecule is CNCc1ccc(S(=O)(=O)Nc2cccc(C)c2Br)o1. The highest BCUT2D eigenvalue weighted by molar-refractivity contribution is 9.10. The summed E-state index contributed by atoms with van der Waals surface area (Å²) in [6, 6.07) is 8.44. The lowest BCUT2D eigenvalue weighted by molar-refractivity contribution is 0.408. The number of nitrogens with one attached hydrogen (secondary N) is 2. The van der Waals surface area contributed by atoms with Crippen LogP contribution in [0.1, 0.15) is 11.3 Å². The first kappa shape index (κ1) is 15.1. The fourth-order valence-electron chi connectivity index (χ4n) is 1.69. The van der Waals surface area contributed by atoms with E-state index in [0.717, 1.165) is 5.56 Å². The summed E-state index contributed by atoms with van der Waals surface area (Å²) < 4.78 is 33.0. The second kappa shape index (κ2) is 5.99. The van der Waals surface area contributed by atoms with E-state index in [2.05, 4.69) is 26.0 Å².